The van der Waals surface area contributed by atoms with E-state index in [1.165, 1.54) is 0 Å². The molecule has 4 rings (SSSR count). The molecule has 2 amide bonds. The molecule has 0 bridgehead atoms. The van der Waals surface area contributed by atoms with Gasteiger partial charge in [-0.1, -0.05) is 23.7 Å². The first-order chi connectivity index (χ1) is 12.9. The summed E-state index contributed by atoms with van der Waals surface area (Å²) >= 11 is 5.95. The monoisotopic (exact) mass is 386 g/mol. The lowest BCUT2D eigenvalue weighted by Crippen LogP contribution is -2.44. The number of piperidine rings is 1. The molecule has 1 aromatic heterocycles. The number of aromatic nitrogens is 2. The van der Waals surface area contributed by atoms with E-state index >= 15 is 0 Å². The largest absolute Gasteiger partial charge is 0.345 e. The fraction of sp³-hybridized carbons (Fsp3) is 0.450. The Morgan fingerprint density at radius 3 is 2.48 bits per heavy atom. The summed E-state index contributed by atoms with van der Waals surface area (Å²) in [6, 6.07) is 7.43. The Balaban J connectivity index is 1.48. The Bertz CT molecular complexity index is 882. The van der Waals surface area contributed by atoms with Crippen LogP contribution in [0.2, 0.25) is 5.02 Å². The first-order valence-corrected chi connectivity index (χ1v) is 9.60. The Kier molecular flexibility index (Phi) is 4.46. The number of rotatable bonds is 2. The van der Waals surface area contributed by atoms with E-state index < -0.39 is 0 Å². The molecular weight excluding hydrogens is 364 g/mol. The first-order valence-electron chi connectivity index (χ1n) is 9.23. The summed E-state index contributed by atoms with van der Waals surface area (Å²) in [5.74, 6) is 0.194. The number of likely N-dealkylation sites (tertiary alicyclic amines) is 2. The Morgan fingerprint density at radius 1 is 1.22 bits per heavy atom. The van der Waals surface area contributed by atoms with E-state index in [1.807, 2.05) is 48.0 Å². The number of nitrogens with one attached hydrogen (secondary N) is 1. The number of hydrogen-bond acceptors (Lipinski definition) is 3. The van der Waals surface area contributed by atoms with Crippen molar-refractivity contribution in [1.82, 2.24) is 20.0 Å². The highest BCUT2D eigenvalue weighted by molar-refractivity contribution is 6.30. The standard InChI is InChI=1S/C20H23ClN4O2/c1-13-17(14-3-5-15(21)6-4-14)22-23-18(13)19(27)25-9-7-20(8-10-25)11-16(26)24(2)12-20/h3-6H,7-12H2,1-2H3,(H,22,23). The summed E-state index contributed by atoms with van der Waals surface area (Å²) in [7, 11) is 1.86. The molecule has 0 unspecified atom stereocenters. The summed E-state index contributed by atoms with van der Waals surface area (Å²) < 4.78 is 0. The minimum Gasteiger partial charge on any atom is -0.345 e. The molecule has 6 nitrogen and oxygen atoms in total. The van der Waals surface area contributed by atoms with E-state index in [1.54, 1.807) is 0 Å². The van der Waals surface area contributed by atoms with Gasteiger partial charge < -0.3 is 9.80 Å². The van der Waals surface area contributed by atoms with Crippen LogP contribution in [0.4, 0.5) is 0 Å². The van der Waals surface area contributed by atoms with Gasteiger partial charge >= 0.3 is 0 Å². The van der Waals surface area contributed by atoms with E-state index in [9.17, 15) is 9.59 Å². The topological polar surface area (TPSA) is 69.3 Å². The summed E-state index contributed by atoms with van der Waals surface area (Å²) in [6.45, 7) is 4.07. The van der Waals surface area contributed by atoms with Crippen molar-refractivity contribution in [3.8, 4) is 11.3 Å². The summed E-state index contributed by atoms with van der Waals surface area (Å²) in [5, 5.41) is 7.95. The Morgan fingerprint density at radius 2 is 1.89 bits per heavy atom. The SMILES string of the molecule is Cc1c(-c2ccc(Cl)cc2)n[nH]c1C(=O)N1CCC2(CC1)CC(=O)N(C)C2. The van der Waals surface area contributed by atoms with Crippen LogP contribution >= 0.6 is 11.6 Å². The van der Waals surface area contributed by atoms with Gasteiger partial charge in [0, 0.05) is 54.7 Å². The van der Waals surface area contributed by atoms with E-state index in [0.29, 0.717) is 30.2 Å². The number of hydrogen-bond donors (Lipinski definition) is 1. The van der Waals surface area contributed by atoms with Crippen LogP contribution in [-0.2, 0) is 4.79 Å². The van der Waals surface area contributed by atoms with Crippen molar-refractivity contribution >= 4 is 23.4 Å². The predicted molar refractivity (Wildman–Crippen MR) is 104 cm³/mol. The highest BCUT2D eigenvalue weighted by atomic mass is 35.5. The summed E-state index contributed by atoms with van der Waals surface area (Å²) in [4.78, 5) is 28.6. The maximum Gasteiger partial charge on any atom is 0.272 e. The molecule has 0 radical (unpaired) electrons. The van der Waals surface area contributed by atoms with Gasteiger partial charge in [-0.05, 0) is 31.9 Å². The summed E-state index contributed by atoms with van der Waals surface area (Å²) in [5.41, 5.74) is 3.12. The molecule has 0 atom stereocenters. The van der Waals surface area contributed by atoms with E-state index in [2.05, 4.69) is 10.2 Å². The molecule has 1 spiro atoms. The van der Waals surface area contributed by atoms with E-state index in [0.717, 1.165) is 36.2 Å². The second kappa shape index (κ2) is 6.68. The summed E-state index contributed by atoms with van der Waals surface area (Å²) in [6.07, 6.45) is 2.34. The van der Waals surface area contributed by atoms with Crippen LogP contribution in [-0.4, -0.2) is 58.5 Å². The zero-order valence-electron chi connectivity index (χ0n) is 15.6. The number of carbonyl (C=O) groups excluding carboxylic acids is 2. The van der Waals surface area contributed by atoms with Gasteiger partial charge in [-0.25, -0.2) is 0 Å². The highest BCUT2D eigenvalue weighted by Crippen LogP contribution is 2.40. The highest BCUT2D eigenvalue weighted by Gasteiger charge is 2.44. The van der Waals surface area contributed by atoms with Gasteiger partial charge in [-0.15, -0.1) is 0 Å². The normalized spacial score (nSPS) is 19.1. The molecule has 1 N–H and O–H groups in total. The molecule has 3 heterocycles. The van der Waals surface area contributed by atoms with Gasteiger partial charge in [-0.3, -0.25) is 14.7 Å². The lowest BCUT2D eigenvalue weighted by molar-refractivity contribution is -0.126. The number of carbonyl (C=O) groups is 2. The van der Waals surface area contributed by atoms with Gasteiger partial charge in [0.2, 0.25) is 5.91 Å². The van der Waals surface area contributed by atoms with Crippen molar-refractivity contribution in [2.45, 2.75) is 26.2 Å². The molecule has 27 heavy (non-hydrogen) atoms. The quantitative estimate of drug-likeness (QED) is 0.862. The van der Waals surface area contributed by atoms with Crippen molar-refractivity contribution in [1.29, 1.82) is 0 Å². The number of halogens is 1. The number of benzene rings is 1. The molecule has 2 saturated heterocycles. The van der Waals surface area contributed by atoms with Crippen molar-refractivity contribution in [2.24, 2.45) is 5.41 Å². The fourth-order valence-corrected chi connectivity index (χ4v) is 4.40. The van der Waals surface area contributed by atoms with Gasteiger partial charge in [0.25, 0.3) is 5.91 Å². The van der Waals surface area contributed by atoms with Gasteiger partial charge in [0.1, 0.15) is 5.69 Å². The second-order valence-corrected chi connectivity index (χ2v) is 8.23. The van der Waals surface area contributed by atoms with Gasteiger partial charge in [0.15, 0.2) is 0 Å². The van der Waals surface area contributed by atoms with Crippen molar-refractivity contribution in [3.63, 3.8) is 0 Å². The fourth-order valence-electron chi connectivity index (χ4n) is 4.28. The van der Waals surface area contributed by atoms with Crippen molar-refractivity contribution in [2.75, 3.05) is 26.7 Å². The third-order valence-electron chi connectivity index (χ3n) is 5.98. The number of amides is 2. The van der Waals surface area contributed by atoms with Crippen LogP contribution < -0.4 is 0 Å². The van der Waals surface area contributed by atoms with Gasteiger partial charge in [0.05, 0.1) is 5.69 Å². The molecule has 7 heteroatoms. The number of aromatic amines is 1. The zero-order valence-corrected chi connectivity index (χ0v) is 16.3. The maximum atomic E-state index is 13.0. The Labute approximate surface area is 163 Å². The minimum atomic E-state index is -0.0206. The average molecular weight is 387 g/mol. The number of nitrogens with zero attached hydrogens (tertiary/aromatic N) is 3. The van der Waals surface area contributed by atoms with Crippen LogP contribution in [0.25, 0.3) is 11.3 Å². The predicted octanol–water partition coefficient (Wildman–Crippen LogP) is 3.12. The molecule has 2 aromatic rings. The van der Waals surface area contributed by atoms with Crippen LogP contribution in [0, 0.1) is 12.3 Å². The molecule has 2 aliphatic rings. The third-order valence-corrected chi connectivity index (χ3v) is 6.23. The lowest BCUT2D eigenvalue weighted by Gasteiger charge is -2.38. The molecular formula is C20H23ClN4O2. The molecule has 0 saturated carbocycles. The second-order valence-electron chi connectivity index (χ2n) is 7.80. The average Bonchev–Trinajstić information content (AvgIpc) is 3.16. The van der Waals surface area contributed by atoms with Crippen molar-refractivity contribution < 1.29 is 9.59 Å². The first kappa shape index (κ1) is 18.0. The smallest absolute Gasteiger partial charge is 0.272 e. The molecule has 2 aliphatic heterocycles. The van der Waals surface area contributed by atoms with Crippen molar-refractivity contribution in [3.05, 3.63) is 40.5 Å². The Hall–Kier alpha value is -2.34. The molecule has 2 fully saturated rings. The van der Waals surface area contributed by atoms with Crippen LogP contribution in [0.1, 0.15) is 35.3 Å². The third kappa shape index (κ3) is 3.23. The zero-order chi connectivity index (χ0) is 19.2. The van der Waals surface area contributed by atoms with Crippen LogP contribution in [0.15, 0.2) is 24.3 Å². The molecule has 142 valence electrons. The minimum absolute atomic E-state index is 0.0206. The molecule has 0 aliphatic carbocycles. The van der Waals surface area contributed by atoms with E-state index in [4.69, 9.17) is 11.6 Å². The number of H-pyrrole nitrogens is 1. The van der Waals surface area contributed by atoms with Crippen LogP contribution in [0.5, 0.6) is 0 Å². The molecule has 1 aromatic carbocycles. The van der Waals surface area contributed by atoms with Crippen LogP contribution in [0.3, 0.4) is 0 Å². The van der Waals surface area contributed by atoms with E-state index in [-0.39, 0.29) is 17.2 Å². The van der Waals surface area contributed by atoms with Gasteiger partial charge in [-0.2, -0.15) is 5.10 Å². The lowest BCUT2D eigenvalue weighted by atomic mass is 9.77. The maximum absolute atomic E-state index is 13.0.